The Balaban J connectivity index is 1.52. The fraction of sp³-hybridized carbons (Fsp3) is 0.458. The van der Waals surface area contributed by atoms with Crippen LogP contribution in [0, 0.1) is 26.7 Å². The molecule has 4 rings (SSSR count). The Morgan fingerprint density at radius 3 is 2.36 bits per heavy atom. The number of nitrogens with one attached hydrogen (secondary N) is 2. The first-order valence-electron chi connectivity index (χ1n) is 11.4. The summed E-state index contributed by atoms with van der Waals surface area (Å²) in [5, 5.41) is 13.6. The quantitative estimate of drug-likeness (QED) is 0.534. The molecule has 1 unspecified atom stereocenters. The molecule has 0 radical (unpaired) electrons. The van der Waals surface area contributed by atoms with Crippen LogP contribution in [0.1, 0.15) is 66.0 Å². The molecule has 1 saturated carbocycles. The number of pyridine rings is 1. The highest BCUT2D eigenvalue weighted by molar-refractivity contribution is 6.01. The third-order valence-corrected chi connectivity index (χ3v) is 6.26. The summed E-state index contributed by atoms with van der Waals surface area (Å²) in [5.41, 5.74) is 3.72. The predicted molar refractivity (Wildman–Crippen MR) is 122 cm³/mol. The molecular weight excluding hydrogens is 422 g/mol. The van der Waals surface area contributed by atoms with Crippen molar-refractivity contribution in [2.75, 3.05) is 5.32 Å². The zero-order valence-corrected chi connectivity index (χ0v) is 19.2. The number of anilines is 1. The number of hydrogen-bond donors (Lipinski definition) is 2. The van der Waals surface area contributed by atoms with Gasteiger partial charge in [-0.3, -0.25) is 14.6 Å². The van der Waals surface area contributed by atoms with Crippen LogP contribution < -0.4 is 10.6 Å². The van der Waals surface area contributed by atoms with Crippen molar-refractivity contribution in [2.24, 2.45) is 5.92 Å². The maximum absolute atomic E-state index is 13.3. The second-order valence-electron chi connectivity index (χ2n) is 8.64. The van der Waals surface area contributed by atoms with E-state index in [1.165, 1.54) is 6.26 Å². The lowest BCUT2D eigenvalue weighted by atomic mass is 9.90. The van der Waals surface area contributed by atoms with Gasteiger partial charge in [-0.25, -0.2) is 0 Å². The molecule has 2 N–H and O–H groups in total. The van der Waals surface area contributed by atoms with E-state index in [1.807, 2.05) is 19.9 Å². The van der Waals surface area contributed by atoms with Gasteiger partial charge in [0, 0.05) is 0 Å². The van der Waals surface area contributed by atoms with E-state index in [2.05, 4.69) is 25.9 Å². The minimum absolute atomic E-state index is 0.0613. The van der Waals surface area contributed by atoms with Crippen LogP contribution >= 0.6 is 0 Å². The van der Waals surface area contributed by atoms with Crippen molar-refractivity contribution in [3.05, 3.63) is 47.3 Å². The van der Waals surface area contributed by atoms with Gasteiger partial charge >= 0.3 is 0 Å². The minimum Gasteiger partial charge on any atom is -0.364 e. The SMILES string of the molecule is Cc1nocc1C(=O)NC(C(=O)Nc1ccc(-c2c(C)noc2C)nc1)C1CCCCCC1. The molecule has 2 amide bonds. The molecule has 1 aliphatic rings. The highest BCUT2D eigenvalue weighted by Gasteiger charge is 2.31. The molecule has 1 aliphatic carbocycles. The number of aromatic nitrogens is 3. The third-order valence-electron chi connectivity index (χ3n) is 6.26. The molecule has 0 aromatic carbocycles. The van der Waals surface area contributed by atoms with E-state index in [4.69, 9.17) is 9.05 Å². The summed E-state index contributed by atoms with van der Waals surface area (Å²) in [4.78, 5) is 30.6. The maximum Gasteiger partial charge on any atom is 0.257 e. The number of rotatable bonds is 6. The van der Waals surface area contributed by atoms with E-state index in [-0.39, 0.29) is 17.7 Å². The summed E-state index contributed by atoms with van der Waals surface area (Å²) in [6, 6.07) is 2.96. The van der Waals surface area contributed by atoms with Gasteiger partial charge in [0.2, 0.25) is 5.91 Å². The van der Waals surface area contributed by atoms with Gasteiger partial charge in [-0.1, -0.05) is 36.0 Å². The maximum atomic E-state index is 13.3. The van der Waals surface area contributed by atoms with E-state index in [0.29, 0.717) is 22.7 Å². The Morgan fingerprint density at radius 2 is 1.79 bits per heavy atom. The number of nitrogens with zero attached hydrogens (tertiary/aromatic N) is 3. The topological polar surface area (TPSA) is 123 Å². The molecule has 0 spiro atoms. The number of carbonyl (C=O) groups excluding carboxylic acids is 2. The van der Waals surface area contributed by atoms with E-state index < -0.39 is 6.04 Å². The largest absolute Gasteiger partial charge is 0.364 e. The van der Waals surface area contributed by atoms with Crippen LogP contribution in [0.25, 0.3) is 11.3 Å². The van der Waals surface area contributed by atoms with Gasteiger partial charge in [-0.05, 0) is 51.7 Å². The molecule has 9 nitrogen and oxygen atoms in total. The second-order valence-corrected chi connectivity index (χ2v) is 8.64. The summed E-state index contributed by atoms with van der Waals surface area (Å²) >= 11 is 0. The van der Waals surface area contributed by atoms with Gasteiger partial charge in [0.1, 0.15) is 23.6 Å². The molecule has 0 aliphatic heterocycles. The van der Waals surface area contributed by atoms with Gasteiger partial charge in [-0.2, -0.15) is 0 Å². The fourth-order valence-electron chi connectivity index (χ4n) is 4.46. The Morgan fingerprint density at radius 1 is 1.03 bits per heavy atom. The summed E-state index contributed by atoms with van der Waals surface area (Å²) in [5.74, 6) is 0.143. The van der Waals surface area contributed by atoms with Crippen LogP contribution in [0.15, 0.2) is 33.6 Å². The molecule has 3 aromatic rings. The van der Waals surface area contributed by atoms with Crippen LogP contribution in [-0.4, -0.2) is 33.2 Å². The average Bonchev–Trinajstić information content (AvgIpc) is 3.26. The standard InChI is InChI=1S/C24H29N5O4/c1-14-19(13-32-28-14)23(30)27-22(17-8-6-4-5-7-9-17)24(31)26-18-10-11-20(25-12-18)21-15(2)29-33-16(21)3/h10-13,17,22H,4-9H2,1-3H3,(H,26,31)(H,27,30). The third kappa shape index (κ3) is 5.13. The lowest BCUT2D eigenvalue weighted by Gasteiger charge is -2.26. The van der Waals surface area contributed by atoms with Gasteiger partial charge in [0.15, 0.2) is 0 Å². The van der Waals surface area contributed by atoms with E-state index in [9.17, 15) is 9.59 Å². The summed E-state index contributed by atoms with van der Waals surface area (Å²) in [7, 11) is 0. The Bertz CT molecular complexity index is 1090. The van der Waals surface area contributed by atoms with Crippen LogP contribution in [0.5, 0.6) is 0 Å². The average molecular weight is 452 g/mol. The molecule has 0 saturated heterocycles. The summed E-state index contributed by atoms with van der Waals surface area (Å²) in [6.45, 7) is 5.40. The number of aryl methyl sites for hydroxylation is 3. The Labute approximate surface area is 192 Å². The van der Waals surface area contributed by atoms with Crippen molar-refractivity contribution < 1.29 is 18.6 Å². The molecular formula is C24H29N5O4. The van der Waals surface area contributed by atoms with Crippen molar-refractivity contribution in [1.82, 2.24) is 20.6 Å². The van der Waals surface area contributed by atoms with Crippen LogP contribution in [0.2, 0.25) is 0 Å². The molecule has 3 aromatic heterocycles. The van der Waals surface area contributed by atoms with Gasteiger partial charge < -0.3 is 19.7 Å². The Kier molecular flexibility index (Phi) is 6.86. The predicted octanol–water partition coefficient (Wildman–Crippen LogP) is 4.36. The zero-order chi connectivity index (χ0) is 23.4. The second kappa shape index (κ2) is 9.97. The summed E-state index contributed by atoms with van der Waals surface area (Å²) < 4.78 is 10.1. The minimum atomic E-state index is -0.660. The van der Waals surface area contributed by atoms with E-state index in [0.717, 1.165) is 55.5 Å². The number of hydrogen-bond acceptors (Lipinski definition) is 7. The molecule has 33 heavy (non-hydrogen) atoms. The monoisotopic (exact) mass is 451 g/mol. The van der Waals surface area contributed by atoms with Gasteiger partial charge in [0.25, 0.3) is 5.91 Å². The lowest BCUT2D eigenvalue weighted by Crippen LogP contribution is -2.48. The van der Waals surface area contributed by atoms with Crippen LogP contribution in [0.4, 0.5) is 5.69 Å². The van der Waals surface area contributed by atoms with Gasteiger partial charge in [-0.15, -0.1) is 0 Å². The first-order chi connectivity index (χ1) is 15.9. The zero-order valence-electron chi connectivity index (χ0n) is 19.2. The molecule has 0 bridgehead atoms. The number of carbonyl (C=O) groups is 2. The first kappa shape index (κ1) is 22.7. The summed E-state index contributed by atoms with van der Waals surface area (Å²) in [6.07, 6.45) is 9.09. The highest BCUT2D eigenvalue weighted by atomic mass is 16.5. The van der Waals surface area contributed by atoms with Crippen LogP contribution in [0.3, 0.4) is 0 Å². The van der Waals surface area contributed by atoms with Crippen molar-refractivity contribution in [3.63, 3.8) is 0 Å². The van der Waals surface area contributed by atoms with Crippen LogP contribution in [-0.2, 0) is 4.79 Å². The van der Waals surface area contributed by atoms with E-state index in [1.54, 1.807) is 19.2 Å². The van der Waals surface area contributed by atoms with Crippen molar-refractivity contribution in [2.45, 2.75) is 65.3 Å². The molecule has 9 heteroatoms. The smallest absolute Gasteiger partial charge is 0.257 e. The number of amides is 2. The van der Waals surface area contributed by atoms with Crippen molar-refractivity contribution in [1.29, 1.82) is 0 Å². The van der Waals surface area contributed by atoms with Crippen molar-refractivity contribution >= 4 is 17.5 Å². The van der Waals surface area contributed by atoms with Gasteiger partial charge in [0.05, 0.1) is 34.5 Å². The molecule has 1 atom stereocenters. The van der Waals surface area contributed by atoms with Crippen molar-refractivity contribution in [3.8, 4) is 11.3 Å². The first-order valence-corrected chi connectivity index (χ1v) is 11.4. The molecule has 174 valence electrons. The Hall–Kier alpha value is -3.49. The van der Waals surface area contributed by atoms with E-state index >= 15 is 0 Å². The lowest BCUT2D eigenvalue weighted by molar-refractivity contribution is -0.119. The normalized spacial score (nSPS) is 15.6. The highest BCUT2D eigenvalue weighted by Crippen LogP contribution is 2.28. The fourth-order valence-corrected chi connectivity index (χ4v) is 4.46. The molecule has 1 fully saturated rings. The molecule has 3 heterocycles.